The molecule has 27 heavy (non-hydrogen) atoms. The van der Waals surface area contributed by atoms with Gasteiger partial charge in [-0.25, -0.2) is 0 Å². The van der Waals surface area contributed by atoms with Gasteiger partial charge in [0.05, 0.1) is 0 Å². The summed E-state index contributed by atoms with van der Waals surface area (Å²) in [5.74, 6) is 0.497. The Kier molecular flexibility index (Phi) is 19.3. The van der Waals surface area contributed by atoms with Gasteiger partial charge in [0.15, 0.2) is 0 Å². The van der Waals surface area contributed by atoms with Crippen LogP contribution in [0.25, 0.3) is 0 Å². The van der Waals surface area contributed by atoms with Crippen molar-refractivity contribution in [1.82, 2.24) is 4.90 Å². The Labute approximate surface area is 170 Å². The minimum absolute atomic E-state index is 0.189. The molecule has 0 heterocycles. The van der Waals surface area contributed by atoms with Crippen LogP contribution in [0.5, 0.6) is 0 Å². The van der Waals surface area contributed by atoms with Crippen LogP contribution in [-0.4, -0.2) is 30.4 Å². The number of hydrogen-bond donors (Lipinski definition) is 1. The normalized spacial score (nSPS) is 12.6. The van der Waals surface area contributed by atoms with Gasteiger partial charge in [0, 0.05) is 25.6 Å². The van der Waals surface area contributed by atoms with Crippen LogP contribution in [0, 0.1) is 5.92 Å². The van der Waals surface area contributed by atoms with E-state index in [2.05, 4.69) is 26.0 Å². The smallest absolute Gasteiger partial charge is 0.225 e. The maximum Gasteiger partial charge on any atom is 0.225 e. The highest BCUT2D eigenvalue weighted by Gasteiger charge is 2.20. The number of carbonyl (C=O) groups is 1. The largest absolute Gasteiger partial charge is 0.341 e. The van der Waals surface area contributed by atoms with Gasteiger partial charge >= 0.3 is 0 Å². The van der Waals surface area contributed by atoms with E-state index in [1.54, 1.807) is 0 Å². The molecule has 0 spiro atoms. The highest BCUT2D eigenvalue weighted by atomic mass is 16.2. The summed E-state index contributed by atoms with van der Waals surface area (Å²) < 4.78 is 0. The van der Waals surface area contributed by atoms with Crippen LogP contribution in [0.15, 0.2) is 12.2 Å². The Bertz CT molecular complexity index is 354. The van der Waals surface area contributed by atoms with Gasteiger partial charge in [0.25, 0.3) is 0 Å². The second-order valence-electron chi connectivity index (χ2n) is 7.83. The lowest BCUT2D eigenvalue weighted by Gasteiger charge is -2.25. The number of amides is 1. The molecule has 2 N–H and O–H groups in total. The number of nitrogens with two attached hydrogens (primary N) is 1. The molecule has 0 aromatic carbocycles. The van der Waals surface area contributed by atoms with Crippen LogP contribution < -0.4 is 5.73 Å². The van der Waals surface area contributed by atoms with E-state index in [4.69, 9.17) is 5.73 Å². The summed E-state index contributed by atoms with van der Waals surface area (Å²) in [6.45, 7) is 8.47. The van der Waals surface area contributed by atoms with Crippen molar-refractivity contribution in [2.24, 2.45) is 11.7 Å². The quantitative estimate of drug-likeness (QED) is 0.206. The van der Waals surface area contributed by atoms with Crippen molar-refractivity contribution < 1.29 is 4.79 Å². The predicted octanol–water partition coefficient (Wildman–Crippen LogP) is 6.47. The van der Waals surface area contributed by atoms with E-state index >= 15 is 0 Å². The van der Waals surface area contributed by atoms with Gasteiger partial charge in [-0.3, -0.25) is 4.79 Å². The highest BCUT2D eigenvalue weighted by Crippen LogP contribution is 2.17. The third kappa shape index (κ3) is 14.8. The SMILES string of the molecule is CCCCCCCCC=CCCCCCCC(CC)C(=O)N(CC)CCN. The second-order valence-corrected chi connectivity index (χ2v) is 7.83. The fraction of sp³-hybridized carbons (Fsp3) is 0.875. The van der Waals surface area contributed by atoms with Crippen LogP contribution in [0.4, 0.5) is 0 Å². The van der Waals surface area contributed by atoms with E-state index in [0.717, 1.165) is 19.4 Å². The Morgan fingerprint density at radius 2 is 1.41 bits per heavy atom. The fourth-order valence-electron chi connectivity index (χ4n) is 3.63. The molecule has 0 saturated carbocycles. The number of allylic oxidation sites excluding steroid dienone is 2. The maximum absolute atomic E-state index is 12.5. The Morgan fingerprint density at radius 3 is 1.93 bits per heavy atom. The number of carbonyl (C=O) groups excluding carboxylic acids is 1. The Hall–Kier alpha value is -0.830. The second kappa shape index (κ2) is 19.9. The van der Waals surface area contributed by atoms with Crippen LogP contribution >= 0.6 is 0 Å². The molecule has 0 fully saturated rings. The number of hydrogen-bond acceptors (Lipinski definition) is 2. The molecule has 0 saturated heterocycles. The molecule has 0 rings (SSSR count). The lowest BCUT2D eigenvalue weighted by molar-refractivity contribution is -0.135. The maximum atomic E-state index is 12.5. The third-order valence-corrected chi connectivity index (χ3v) is 5.50. The first kappa shape index (κ1) is 26.2. The van der Waals surface area contributed by atoms with E-state index < -0.39 is 0 Å². The van der Waals surface area contributed by atoms with E-state index in [9.17, 15) is 4.79 Å². The first-order valence-corrected chi connectivity index (χ1v) is 11.8. The van der Waals surface area contributed by atoms with Crippen molar-refractivity contribution in [3.63, 3.8) is 0 Å². The summed E-state index contributed by atoms with van der Waals surface area (Å²) in [6.07, 6.45) is 22.5. The van der Waals surface area contributed by atoms with Gasteiger partial charge in [0.1, 0.15) is 0 Å². The average Bonchev–Trinajstić information content (AvgIpc) is 2.68. The summed E-state index contributed by atoms with van der Waals surface area (Å²) in [6, 6.07) is 0. The van der Waals surface area contributed by atoms with Crippen molar-refractivity contribution in [1.29, 1.82) is 0 Å². The minimum atomic E-state index is 0.189. The van der Waals surface area contributed by atoms with E-state index in [-0.39, 0.29) is 5.92 Å². The molecule has 1 unspecified atom stereocenters. The van der Waals surface area contributed by atoms with Gasteiger partial charge in [-0.05, 0) is 45.4 Å². The van der Waals surface area contributed by atoms with Gasteiger partial charge in [0.2, 0.25) is 5.91 Å². The van der Waals surface area contributed by atoms with Gasteiger partial charge in [-0.2, -0.15) is 0 Å². The molecule has 0 aliphatic heterocycles. The lowest BCUT2D eigenvalue weighted by Crippen LogP contribution is -2.39. The summed E-state index contributed by atoms with van der Waals surface area (Å²) in [7, 11) is 0. The molecular weight excluding hydrogens is 332 g/mol. The first-order chi connectivity index (χ1) is 13.2. The van der Waals surface area contributed by atoms with Gasteiger partial charge in [-0.1, -0.05) is 77.4 Å². The Balaban J connectivity index is 3.63. The molecule has 3 nitrogen and oxygen atoms in total. The lowest BCUT2D eigenvalue weighted by atomic mass is 9.96. The topological polar surface area (TPSA) is 46.3 Å². The average molecular weight is 381 g/mol. The van der Waals surface area contributed by atoms with Crippen molar-refractivity contribution in [2.45, 2.75) is 111 Å². The van der Waals surface area contributed by atoms with E-state index in [1.807, 2.05) is 11.8 Å². The molecular formula is C24H48N2O. The molecule has 0 bridgehead atoms. The summed E-state index contributed by atoms with van der Waals surface area (Å²) >= 11 is 0. The van der Waals surface area contributed by atoms with E-state index in [0.29, 0.717) is 19.0 Å². The van der Waals surface area contributed by atoms with Crippen LogP contribution in [-0.2, 0) is 4.79 Å². The first-order valence-electron chi connectivity index (χ1n) is 11.8. The molecule has 1 atom stereocenters. The number of likely N-dealkylation sites (N-methyl/N-ethyl adjacent to an activating group) is 1. The Morgan fingerprint density at radius 1 is 0.852 bits per heavy atom. The third-order valence-electron chi connectivity index (χ3n) is 5.50. The molecule has 1 amide bonds. The van der Waals surface area contributed by atoms with E-state index in [1.165, 1.54) is 77.0 Å². The molecule has 0 aromatic heterocycles. The van der Waals surface area contributed by atoms with Crippen LogP contribution in [0.2, 0.25) is 0 Å². The molecule has 0 aliphatic rings. The molecule has 0 radical (unpaired) electrons. The summed E-state index contributed by atoms with van der Waals surface area (Å²) in [5, 5.41) is 0. The summed E-state index contributed by atoms with van der Waals surface area (Å²) in [4.78, 5) is 14.4. The molecule has 160 valence electrons. The zero-order chi connectivity index (χ0) is 20.2. The predicted molar refractivity (Wildman–Crippen MR) is 120 cm³/mol. The number of rotatable bonds is 19. The molecule has 3 heteroatoms. The van der Waals surface area contributed by atoms with Crippen molar-refractivity contribution in [3.05, 3.63) is 12.2 Å². The fourth-order valence-corrected chi connectivity index (χ4v) is 3.63. The zero-order valence-electron chi connectivity index (χ0n) is 18.7. The van der Waals surface area contributed by atoms with Crippen molar-refractivity contribution >= 4 is 5.91 Å². The van der Waals surface area contributed by atoms with Crippen molar-refractivity contribution in [2.75, 3.05) is 19.6 Å². The van der Waals surface area contributed by atoms with Crippen LogP contribution in [0.1, 0.15) is 111 Å². The number of nitrogens with zero attached hydrogens (tertiary/aromatic N) is 1. The standard InChI is InChI=1S/C24H48N2O/c1-4-7-8-9-10-11-12-13-14-15-16-17-18-19-20-23(5-2)24(27)26(6-3)22-21-25/h13-14,23H,4-12,15-22,25H2,1-3H3. The number of unbranched alkanes of at least 4 members (excludes halogenated alkanes) is 10. The van der Waals surface area contributed by atoms with Crippen molar-refractivity contribution in [3.8, 4) is 0 Å². The monoisotopic (exact) mass is 380 g/mol. The molecule has 0 aliphatic carbocycles. The van der Waals surface area contributed by atoms with Gasteiger partial charge < -0.3 is 10.6 Å². The van der Waals surface area contributed by atoms with Crippen LogP contribution in [0.3, 0.4) is 0 Å². The van der Waals surface area contributed by atoms with Gasteiger partial charge in [-0.15, -0.1) is 0 Å². The minimum Gasteiger partial charge on any atom is -0.341 e. The molecule has 0 aromatic rings. The zero-order valence-corrected chi connectivity index (χ0v) is 18.7. The highest BCUT2D eigenvalue weighted by molar-refractivity contribution is 5.78. The summed E-state index contributed by atoms with van der Waals surface area (Å²) in [5.41, 5.74) is 5.62.